The molecule has 0 fully saturated rings. The van der Waals surface area contributed by atoms with Crippen molar-refractivity contribution >= 4 is 22.8 Å². The third-order valence-corrected chi connectivity index (χ3v) is 3.29. The first-order chi connectivity index (χ1) is 9.99. The van der Waals surface area contributed by atoms with Crippen molar-refractivity contribution in [3.63, 3.8) is 0 Å². The number of amides is 1. The predicted molar refractivity (Wildman–Crippen MR) is 79.4 cm³/mol. The van der Waals surface area contributed by atoms with Gasteiger partial charge in [0.2, 0.25) is 0 Å². The van der Waals surface area contributed by atoms with Crippen LogP contribution in [0.4, 0.5) is 0 Å². The first kappa shape index (κ1) is 15.1. The smallest absolute Gasteiger partial charge is 0.305 e. The van der Waals surface area contributed by atoms with E-state index < -0.39 is 5.97 Å². The Morgan fingerprint density at radius 1 is 1.33 bits per heavy atom. The lowest BCUT2D eigenvalue weighted by Crippen LogP contribution is -2.36. The first-order valence-electron chi connectivity index (χ1n) is 7.02. The molecule has 1 atom stereocenters. The minimum atomic E-state index is -0.922. The summed E-state index contributed by atoms with van der Waals surface area (Å²) < 4.78 is 5.51. The second-order valence-electron chi connectivity index (χ2n) is 5.21. The molecule has 0 aliphatic carbocycles. The molecule has 1 aromatic heterocycles. The summed E-state index contributed by atoms with van der Waals surface area (Å²) in [5, 5.41) is 12.5. The zero-order valence-corrected chi connectivity index (χ0v) is 12.2. The Morgan fingerprint density at radius 3 is 2.76 bits per heavy atom. The number of carbonyl (C=O) groups excluding carboxylic acids is 1. The van der Waals surface area contributed by atoms with Gasteiger partial charge in [0.05, 0.1) is 6.42 Å². The molecule has 112 valence electrons. The number of nitrogens with one attached hydrogen (secondary N) is 1. The molecule has 0 spiro atoms. The lowest BCUT2D eigenvalue weighted by molar-refractivity contribution is -0.137. The SMILES string of the molecule is CCCC(CC(=O)O)NC(=O)c1cc2cc(C)ccc2o1. The van der Waals surface area contributed by atoms with Crippen molar-refractivity contribution in [1.29, 1.82) is 0 Å². The van der Waals surface area contributed by atoms with Crippen molar-refractivity contribution in [2.24, 2.45) is 0 Å². The van der Waals surface area contributed by atoms with Gasteiger partial charge in [-0.2, -0.15) is 0 Å². The van der Waals surface area contributed by atoms with Crippen LogP contribution in [0.5, 0.6) is 0 Å². The van der Waals surface area contributed by atoms with Crippen molar-refractivity contribution in [3.8, 4) is 0 Å². The van der Waals surface area contributed by atoms with Gasteiger partial charge in [-0.15, -0.1) is 0 Å². The van der Waals surface area contributed by atoms with E-state index in [4.69, 9.17) is 9.52 Å². The highest BCUT2D eigenvalue weighted by atomic mass is 16.4. The molecule has 0 saturated carbocycles. The summed E-state index contributed by atoms with van der Waals surface area (Å²) in [6, 6.07) is 6.98. The minimum absolute atomic E-state index is 0.0844. The maximum Gasteiger partial charge on any atom is 0.305 e. The Labute approximate surface area is 122 Å². The fraction of sp³-hybridized carbons (Fsp3) is 0.375. The molecule has 2 N–H and O–H groups in total. The number of rotatable bonds is 6. The van der Waals surface area contributed by atoms with Crippen LogP contribution < -0.4 is 5.32 Å². The summed E-state index contributed by atoms with van der Waals surface area (Å²) in [7, 11) is 0. The number of furan rings is 1. The van der Waals surface area contributed by atoms with Crippen LogP contribution in [0, 0.1) is 6.92 Å². The second-order valence-corrected chi connectivity index (χ2v) is 5.21. The number of hydrogen-bond donors (Lipinski definition) is 2. The van der Waals surface area contributed by atoms with E-state index in [1.165, 1.54) is 0 Å². The third kappa shape index (κ3) is 3.84. The van der Waals surface area contributed by atoms with E-state index in [0.717, 1.165) is 17.4 Å². The molecule has 2 rings (SSSR count). The highest BCUT2D eigenvalue weighted by Gasteiger charge is 2.18. The largest absolute Gasteiger partial charge is 0.481 e. The van der Waals surface area contributed by atoms with Crippen LogP contribution in [-0.4, -0.2) is 23.0 Å². The van der Waals surface area contributed by atoms with E-state index in [2.05, 4.69) is 5.32 Å². The van der Waals surface area contributed by atoms with E-state index in [1.807, 2.05) is 32.0 Å². The van der Waals surface area contributed by atoms with Crippen LogP contribution in [0.15, 0.2) is 28.7 Å². The summed E-state index contributed by atoms with van der Waals surface area (Å²) in [6.45, 7) is 3.92. The number of carboxylic acid groups (broad SMARTS) is 1. The molecular weight excluding hydrogens is 270 g/mol. The quantitative estimate of drug-likeness (QED) is 0.856. The van der Waals surface area contributed by atoms with Crippen LogP contribution in [0.1, 0.15) is 42.3 Å². The topological polar surface area (TPSA) is 79.5 Å². The van der Waals surface area contributed by atoms with Crippen molar-refractivity contribution < 1.29 is 19.1 Å². The van der Waals surface area contributed by atoms with Crippen molar-refractivity contribution in [2.45, 2.75) is 39.2 Å². The van der Waals surface area contributed by atoms with Gasteiger partial charge in [-0.25, -0.2) is 0 Å². The molecule has 0 aliphatic heterocycles. The van der Waals surface area contributed by atoms with Crippen LogP contribution in [0.3, 0.4) is 0 Å². The van der Waals surface area contributed by atoms with Crippen LogP contribution in [0.2, 0.25) is 0 Å². The Kier molecular flexibility index (Phi) is 4.62. The average molecular weight is 289 g/mol. The maximum atomic E-state index is 12.2. The van der Waals surface area contributed by atoms with Gasteiger partial charge in [-0.05, 0) is 31.5 Å². The zero-order chi connectivity index (χ0) is 15.4. The number of benzene rings is 1. The standard InChI is InChI=1S/C16H19NO4/c1-3-4-12(9-15(18)19)17-16(20)14-8-11-7-10(2)5-6-13(11)21-14/h5-8,12H,3-4,9H2,1-2H3,(H,17,20)(H,18,19). The lowest BCUT2D eigenvalue weighted by Gasteiger charge is -2.14. The first-order valence-corrected chi connectivity index (χ1v) is 7.02. The van der Waals surface area contributed by atoms with E-state index >= 15 is 0 Å². The predicted octanol–water partition coefficient (Wildman–Crippen LogP) is 3.11. The molecule has 5 nitrogen and oxygen atoms in total. The molecule has 0 bridgehead atoms. The minimum Gasteiger partial charge on any atom is -0.481 e. The molecule has 1 heterocycles. The van der Waals surface area contributed by atoms with Gasteiger partial charge in [-0.1, -0.05) is 25.0 Å². The number of carbonyl (C=O) groups is 2. The summed E-state index contributed by atoms with van der Waals surface area (Å²) in [4.78, 5) is 23.0. The van der Waals surface area contributed by atoms with Crippen molar-refractivity contribution in [1.82, 2.24) is 5.32 Å². The third-order valence-electron chi connectivity index (χ3n) is 3.29. The van der Waals surface area contributed by atoms with Crippen molar-refractivity contribution in [2.75, 3.05) is 0 Å². The van der Waals surface area contributed by atoms with Gasteiger partial charge in [0.25, 0.3) is 5.91 Å². The van der Waals surface area contributed by atoms with Gasteiger partial charge < -0.3 is 14.8 Å². The monoisotopic (exact) mass is 289 g/mol. The molecule has 1 aromatic carbocycles. The molecule has 0 aliphatic rings. The highest BCUT2D eigenvalue weighted by molar-refractivity contribution is 5.96. The highest BCUT2D eigenvalue weighted by Crippen LogP contribution is 2.20. The normalized spacial score (nSPS) is 12.3. The fourth-order valence-corrected chi connectivity index (χ4v) is 2.32. The van der Waals surface area contributed by atoms with E-state index in [9.17, 15) is 9.59 Å². The molecule has 21 heavy (non-hydrogen) atoms. The van der Waals surface area contributed by atoms with Gasteiger partial charge in [0.15, 0.2) is 5.76 Å². The van der Waals surface area contributed by atoms with Crippen LogP contribution >= 0.6 is 0 Å². The maximum absolute atomic E-state index is 12.2. The Hall–Kier alpha value is -2.30. The number of aryl methyl sites for hydroxylation is 1. The molecule has 0 radical (unpaired) electrons. The summed E-state index contributed by atoms with van der Waals surface area (Å²) >= 11 is 0. The van der Waals surface area contributed by atoms with E-state index in [0.29, 0.717) is 12.0 Å². The van der Waals surface area contributed by atoms with Gasteiger partial charge >= 0.3 is 5.97 Å². The van der Waals surface area contributed by atoms with E-state index in [-0.39, 0.29) is 24.1 Å². The average Bonchev–Trinajstić information content (AvgIpc) is 2.81. The Bertz CT molecular complexity index is 659. The summed E-state index contributed by atoms with van der Waals surface area (Å²) in [6.07, 6.45) is 1.34. The van der Waals surface area contributed by atoms with Crippen LogP contribution in [-0.2, 0) is 4.79 Å². The number of fused-ring (bicyclic) bond motifs is 1. The van der Waals surface area contributed by atoms with Gasteiger partial charge in [0.1, 0.15) is 5.58 Å². The Morgan fingerprint density at radius 2 is 2.10 bits per heavy atom. The van der Waals surface area contributed by atoms with Gasteiger partial charge in [0, 0.05) is 11.4 Å². The number of carboxylic acids is 1. The second kappa shape index (κ2) is 6.43. The summed E-state index contributed by atoms with van der Waals surface area (Å²) in [5.41, 5.74) is 1.74. The number of hydrogen-bond acceptors (Lipinski definition) is 3. The Balaban J connectivity index is 2.14. The fourth-order valence-electron chi connectivity index (χ4n) is 2.32. The molecule has 1 unspecified atom stereocenters. The molecule has 5 heteroatoms. The van der Waals surface area contributed by atoms with Crippen LogP contribution in [0.25, 0.3) is 11.0 Å². The molecular formula is C16H19NO4. The van der Waals surface area contributed by atoms with Gasteiger partial charge in [-0.3, -0.25) is 9.59 Å². The van der Waals surface area contributed by atoms with Crippen molar-refractivity contribution in [3.05, 3.63) is 35.6 Å². The molecule has 0 saturated heterocycles. The zero-order valence-electron chi connectivity index (χ0n) is 12.2. The van der Waals surface area contributed by atoms with E-state index in [1.54, 1.807) is 6.07 Å². The molecule has 1 amide bonds. The summed E-state index contributed by atoms with van der Waals surface area (Å²) in [5.74, 6) is -1.08. The molecule has 2 aromatic rings. The lowest BCUT2D eigenvalue weighted by atomic mass is 10.1. The number of aliphatic carboxylic acids is 1.